The summed E-state index contributed by atoms with van der Waals surface area (Å²) < 4.78 is 0. The summed E-state index contributed by atoms with van der Waals surface area (Å²) in [5.41, 5.74) is 13.7. The highest BCUT2D eigenvalue weighted by Crippen LogP contribution is 2.32. The van der Waals surface area contributed by atoms with E-state index >= 15 is 0 Å². The molecule has 0 saturated carbocycles. The topological polar surface area (TPSA) is 9.72 Å². The minimum atomic E-state index is 0.523. The summed E-state index contributed by atoms with van der Waals surface area (Å²) in [6, 6.07) is 18.2. The number of benzene rings is 3. The summed E-state index contributed by atoms with van der Waals surface area (Å²) in [6.07, 6.45) is 10.2. The Morgan fingerprint density at radius 2 is 1.22 bits per heavy atom. The van der Waals surface area contributed by atoms with E-state index in [1.807, 2.05) is 0 Å². The molecule has 2 aliphatic heterocycles. The van der Waals surface area contributed by atoms with Gasteiger partial charge in [-0.3, -0.25) is 0 Å². The van der Waals surface area contributed by atoms with Gasteiger partial charge < -0.3 is 14.7 Å². The second kappa shape index (κ2) is 9.89. The summed E-state index contributed by atoms with van der Waals surface area (Å²) in [7, 11) is 0. The quantitative estimate of drug-likeness (QED) is 0.364. The number of hydrogen-bond donors (Lipinski definition) is 0. The Bertz CT molecular complexity index is 1180. The van der Waals surface area contributed by atoms with Crippen molar-refractivity contribution in [3.63, 3.8) is 0 Å². The lowest BCUT2D eigenvalue weighted by Crippen LogP contribution is -2.26. The van der Waals surface area contributed by atoms with Gasteiger partial charge in [0, 0.05) is 49.0 Å². The van der Waals surface area contributed by atoms with Crippen molar-refractivity contribution >= 4 is 11.4 Å². The average molecular weight is 478 g/mol. The lowest BCUT2D eigenvalue weighted by molar-refractivity contribution is 0.398. The van der Waals surface area contributed by atoms with Crippen molar-refractivity contribution in [3.05, 3.63) is 118 Å². The van der Waals surface area contributed by atoms with Gasteiger partial charge in [-0.05, 0) is 81.3 Å². The second-order valence-corrected chi connectivity index (χ2v) is 10.9. The number of hydrogen-bond acceptors (Lipinski definition) is 3. The maximum Gasteiger partial charge on any atom is 0.0945 e. The molecule has 186 valence electrons. The van der Waals surface area contributed by atoms with Gasteiger partial charge in [-0.1, -0.05) is 65.7 Å². The highest BCUT2D eigenvalue weighted by Gasteiger charge is 2.23. The first-order valence-electron chi connectivity index (χ1n) is 13.1. The van der Waals surface area contributed by atoms with Crippen LogP contribution < -0.4 is 9.80 Å². The molecule has 0 amide bonds. The van der Waals surface area contributed by atoms with Crippen molar-refractivity contribution in [2.45, 2.75) is 54.5 Å². The van der Waals surface area contributed by atoms with Gasteiger partial charge in [0.05, 0.1) is 6.67 Å². The molecule has 36 heavy (non-hydrogen) atoms. The lowest BCUT2D eigenvalue weighted by atomic mass is 9.96. The molecule has 3 aromatic rings. The molecule has 1 unspecified atom stereocenters. The van der Waals surface area contributed by atoms with Crippen LogP contribution in [-0.4, -0.2) is 18.1 Å². The number of nitrogens with zero attached hydrogens (tertiary/aromatic N) is 3. The van der Waals surface area contributed by atoms with Crippen molar-refractivity contribution in [2.24, 2.45) is 5.92 Å². The van der Waals surface area contributed by atoms with E-state index < -0.39 is 0 Å². The van der Waals surface area contributed by atoms with Crippen LogP contribution in [0.3, 0.4) is 0 Å². The largest absolute Gasteiger partial charge is 0.354 e. The first kappa shape index (κ1) is 24.2. The molecule has 0 N–H and O–H groups in total. The highest BCUT2D eigenvalue weighted by atomic mass is 15.3. The minimum Gasteiger partial charge on any atom is -0.354 e. The van der Waals surface area contributed by atoms with Crippen LogP contribution in [0.15, 0.2) is 73.2 Å². The molecule has 2 heterocycles. The van der Waals surface area contributed by atoms with Crippen molar-refractivity contribution < 1.29 is 0 Å². The van der Waals surface area contributed by atoms with Crippen molar-refractivity contribution in [3.8, 4) is 0 Å². The number of aryl methyl sites for hydroxylation is 6. The normalized spacial score (nSPS) is 17.1. The van der Waals surface area contributed by atoms with Crippen molar-refractivity contribution in [1.29, 1.82) is 0 Å². The second-order valence-electron chi connectivity index (χ2n) is 10.9. The number of rotatable bonds is 6. The van der Waals surface area contributed by atoms with E-state index in [0.717, 1.165) is 26.2 Å². The lowest BCUT2D eigenvalue weighted by Gasteiger charge is -2.26. The fourth-order valence-electron chi connectivity index (χ4n) is 6.27. The zero-order valence-electron chi connectivity index (χ0n) is 22.7. The summed E-state index contributed by atoms with van der Waals surface area (Å²) in [5.74, 6) is 0.523. The minimum absolute atomic E-state index is 0.523. The van der Waals surface area contributed by atoms with Crippen LogP contribution in [0.5, 0.6) is 0 Å². The van der Waals surface area contributed by atoms with E-state index in [1.54, 1.807) is 0 Å². The highest BCUT2D eigenvalue weighted by molar-refractivity contribution is 5.63. The van der Waals surface area contributed by atoms with Gasteiger partial charge in [-0.25, -0.2) is 0 Å². The summed E-state index contributed by atoms with van der Waals surface area (Å²) in [4.78, 5) is 7.26. The van der Waals surface area contributed by atoms with E-state index in [4.69, 9.17) is 0 Å². The fourth-order valence-corrected chi connectivity index (χ4v) is 6.27. The van der Waals surface area contributed by atoms with Gasteiger partial charge in [0.15, 0.2) is 0 Å². The van der Waals surface area contributed by atoms with Gasteiger partial charge in [-0.2, -0.15) is 0 Å². The van der Waals surface area contributed by atoms with Crippen LogP contribution in [0.1, 0.15) is 44.5 Å². The Morgan fingerprint density at radius 3 is 1.83 bits per heavy atom. The van der Waals surface area contributed by atoms with Crippen LogP contribution in [0.4, 0.5) is 11.4 Å². The van der Waals surface area contributed by atoms with Crippen molar-refractivity contribution in [2.75, 3.05) is 23.0 Å². The van der Waals surface area contributed by atoms with E-state index in [9.17, 15) is 0 Å². The predicted octanol–water partition coefficient (Wildman–Crippen LogP) is 7.48. The smallest absolute Gasteiger partial charge is 0.0945 e. The van der Waals surface area contributed by atoms with Gasteiger partial charge in [0.1, 0.15) is 0 Å². The first-order chi connectivity index (χ1) is 17.3. The van der Waals surface area contributed by atoms with E-state index in [0.29, 0.717) is 5.92 Å². The van der Waals surface area contributed by atoms with Crippen LogP contribution in [0.2, 0.25) is 0 Å². The Balaban J connectivity index is 1.26. The van der Waals surface area contributed by atoms with Gasteiger partial charge >= 0.3 is 0 Å². The maximum atomic E-state index is 2.45. The molecule has 0 aromatic heterocycles. The zero-order valence-corrected chi connectivity index (χ0v) is 22.7. The zero-order chi connectivity index (χ0) is 25.4. The molecular formula is C33H39N3. The third kappa shape index (κ3) is 4.93. The Labute approximate surface area is 217 Å². The van der Waals surface area contributed by atoms with Gasteiger partial charge in [0.25, 0.3) is 0 Å². The third-order valence-corrected chi connectivity index (χ3v) is 7.58. The molecule has 0 radical (unpaired) electrons. The molecule has 3 nitrogen and oxygen atoms in total. The van der Waals surface area contributed by atoms with Gasteiger partial charge in [-0.15, -0.1) is 0 Å². The summed E-state index contributed by atoms with van der Waals surface area (Å²) >= 11 is 0. The molecule has 0 spiro atoms. The molecule has 3 aromatic carbocycles. The van der Waals surface area contributed by atoms with Gasteiger partial charge in [0.2, 0.25) is 0 Å². The summed E-state index contributed by atoms with van der Waals surface area (Å²) in [6.45, 7) is 16.1. The Kier molecular flexibility index (Phi) is 6.66. The molecular weight excluding hydrogens is 438 g/mol. The third-order valence-electron chi connectivity index (χ3n) is 7.58. The molecule has 0 fully saturated rings. The van der Waals surface area contributed by atoms with E-state index in [2.05, 4.69) is 129 Å². The van der Waals surface area contributed by atoms with E-state index in [1.165, 1.54) is 55.9 Å². The fraction of sp³-hybridized carbons (Fsp3) is 0.333. The molecule has 3 heteroatoms. The van der Waals surface area contributed by atoms with Crippen LogP contribution in [0, 0.1) is 47.5 Å². The molecule has 0 saturated heterocycles. The molecule has 5 rings (SSSR count). The summed E-state index contributed by atoms with van der Waals surface area (Å²) in [5, 5.41) is 0. The molecule has 0 bridgehead atoms. The molecule has 1 atom stereocenters. The van der Waals surface area contributed by atoms with Crippen LogP contribution >= 0.6 is 0 Å². The Morgan fingerprint density at radius 1 is 0.667 bits per heavy atom. The van der Waals surface area contributed by atoms with Crippen LogP contribution in [-0.2, 0) is 13.0 Å². The average Bonchev–Trinajstić information content (AvgIpc) is 3.44. The first-order valence-corrected chi connectivity index (χ1v) is 13.1. The SMILES string of the molecule is Cc1cc(C)c(N2C=CC(Cc3ccccc3CN3C=CN(c4c(C)cc(C)cc4C)C3)C2)c(C)c1. The standard InChI is InChI=1S/C33H39N3/c1-23-15-25(3)32(26(4)16-23)35-12-11-29(20-35)19-30-9-7-8-10-31(30)21-34-13-14-36(22-34)33-27(5)17-24(2)18-28(33)6/h7-18,29H,19-22H2,1-6H3. The molecule has 0 aliphatic carbocycles. The monoisotopic (exact) mass is 477 g/mol. The maximum absolute atomic E-state index is 2.45. The van der Waals surface area contributed by atoms with E-state index in [-0.39, 0.29) is 0 Å². The van der Waals surface area contributed by atoms with Crippen molar-refractivity contribution in [1.82, 2.24) is 4.90 Å². The number of anilines is 2. The predicted molar refractivity (Wildman–Crippen MR) is 153 cm³/mol. The Hall–Kier alpha value is -3.46. The van der Waals surface area contributed by atoms with Crippen LogP contribution in [0.25, 0.3) is 0 Å². The molecule has 2 aliphatic rings.